The second-order valence-electron chi connectivity index (χ2n) is 6.02. The molecule has 7 nitrogen and oxygen atoms in total. The van der Waals surface area contributed by atoms with E-state index >= 15 is 0 Å². The summed E-state index contributed by atoms with van der Waals surface area (Å²) in [7, 11) is 4.14. The molecule has 0 bridgehead atoms. The lowest BCUT2D eigenvalue weighted by Crippen LogP contribution is -2.31. The molecule has 1 aromatic heterocycles. The number of hydrogen-bond donors (Lipinski definition) is 1. The molecule has 1 aliphatic rings. The van der Waals surface area contributed by atoms with Crippen LogP contribution in [-0.4, -0.2) is 64.7 Å². The van der Waals surface area contributed by atoms with E-state index in [-0.39, 0.29) is 12.0 Å². The fourth-order valence-electron chi connectivity index (χ4n) is 2.55. The first-order chi connectivity index (χ1) is 9.90. The van der Waals surface area contributed by atoms with Crippen molar-refractivity contribution in [3.8, 4) is 0 Å². The van der Waals surface area contributed by atoms with E-state index in [1.54, 1.807) is 13.8 Å². The first-order valence-electron chi connectivity index (χ1n) is 7.35. The molecule has 1 N–H and O–H groups in total. The Kier molecular flexibility index (Phi) is 4.95. The Morgan fingerprint density at radius 1 is 1.38 bits per heavy atom. The minimum Gasteiger partial charge on any atom is -0.481 e. The highest BCUT2D eigenvalue weighted by atomic mass is 16.5. The van der Waals surface area contributed by atoms with Crippen LogP contribution in [0.2, 0.25) is 0 Å². The van der Waals surface area contributed by atoms with Gasteiger partial charge in [0.05, 0.1) is 12.0 Å². The van der Waals surface area contributed by atoms with Crippen LogP contribution in [0.5, 0.6) is 0 Å². The van der Waals surface area contributed by atoms with E-state index in [9.17, 15) is 4.79 Å². The van der Waals surface area contributed by atoms with Gasteiger partial charge < -0.3 is 14.5 Å². The smallest absolute Gasteiger partial charge is 0.307 e. The van der Waals surface area contributed by atoms with Crippen LogP contribution in [0.15, 0.2) is 4.52 Å². The van der Waals surface area contributed by atoms with E-state index in [4.69, 9.17) is 9.63 Å². The average Bonchev–Trinajstić information content (AvgIpc) is 2.85. The van der Waals surface area contributed by atoms with Crippen LogP contribution in [0, 0.1) is 5.92 Å². The lowest BCUT2D eigenvalue weighted by Gasteiger charge is -2.24. The SMILES string of the molecule is CC(C(=O)O)C(C)c1nc(C2CN(C)CCCN2C)no1. The van der Waals surface area contributed by atoms with Crippen molar-refractivity contribution in [2.24, 2.45) is 5.92 Å². The number of carboxylic acids is 1. The maximum absolute atomic E-state index is 11.1. The molecule has 3 unspecified atom stereocenters. The number of hydrogen-bond acceptors (Lipinski definition) is 6. The molecule has 7 heteroatoms. The van der Waals surface area contributed by atoms with Gasteiger partial charge in [-0.2, -0.15) is 4.98 Å². The predicted molar refractivity (Wildman–Crippen MR) is 77.0 cm³/mol. The molecule has 1 aromatic rings. The Balaban J connectivity index is 2.16. The lowest BCUT2D eigenvalue weighted by molar-refractivity contribution is -0.141. The summed E-state index contributed by atoms with van der Waals surface area (Å²) in [5.41, 5.74) is 0. The molecule has 0 radical (unpaired) electrons. The second-order valence-corrected chi connectivity index (χ2v) is 6.02. The average molecular weight is 296 g/mol. The number of carbonyl (C=O) groups is 1. The van der Waals surface area contributed by atoms with Crippen molar-refractivity contribution in [1.29, 1.82) is 0 Å². The van der Waals surface area contributed by atoms with Crippen LogP contribution in [0.4, 0.5) is 0 Å². The van der Waals surface area contributed by atoms with Crippen LogP contribution >= 0.6 is 0 Å². The maximum Gasteiger partial charge on any atom is 0.307 e. The molecular weight excluding hydrogens is 272 g/mol. The molecule has 2 heterocycles. The van der Waals surface area contributed by atoms with Gasteiger partial charge in [-0.1, -0.05) is 19.0 Å². The summed E-state index contributed by atoms with van der Waals surface area (Å²) in [6, 6.07) is 0.0855. The predicted octanol–water partition coefficient (Wildman–Crippen LogP) is 1.20. The number of carboxylic acid groups (broad SMARTS) is 1. The third kappa shape index (κ3) is 3.59. The summed E-state index contributed by atoms with van der Waals surface area (Å²) in [5, 5.41) is 13.2. The van der Waals surface area contributed by atoms with Crippen molar-refractivity contribution in [2.75, 3.05) is 33.7 Å². The van der Waals surface area contributed by atoms with E-state index in [1.165, 1.54) is 0 Å². The van der Waals surface area contributed by atoms with Crippen molar-refractivity contribution >= 4 is 5.97 Å². The number of likely N-dealkylation sites (N-methyl/N-ethyl adjacent to an activating group) is 2. The zero-order chi connectivity index (χ0) is 15.6. The van der Waals surface area contributed by atoms with E-state index < -0.39 is 11.9 Å². The van der Waals surface area contributed by atoms with Crippen LogP contribution < -0.4 is 0 Å². The van der Waals surface area contributed by atoms with Gasteiger partial charge in [0.25, 0.3) is 0 Å². The molecule has 1 aliphatic heterocycles. The van der Waals surface area contributed by atoms with Gasteiger partial charge >= 0.3 is 5.97 Å². The fraction of sp³-hybridized carbons (Fsp3) is 0.786. The van der Waals surface area contributed by atoms with E-state index in [2.05, 4.69) is 34.0 Å². The van der Waals surface area contributed by atoms with Crippen LogP contribution in [-0.2, 0) is 4.79 Å². The molecule has 3 atom stereocenters. The normalized spacial score (nSPS) is 24.5. The molecule has 2 rings (SSSR count). The largest absolute Gasteiger partial charge is 0.481 e. The van der Waals surface area contributed by atoms with Gasteiger partial charge in [-0.3, -0.25) is 9.69 Å². The summed E-state index contributed by atoms with van der Waals surface area (Å²) in [4.78, 5) is 20.0. The van der Waals surface area contributed by atoms with E-state index in [0.717, 1.165) is 26.1 Å². The Morgan fingerprint density at radius 3 is 2.76 bits per heavy atom. The number of aromatic nitrogens is 2. The molecule has 0 aromatic carbocycles. The van der Waals surface area contributed by atoms with Crippen molar-refractivity contribution in [1.82, 2.24) is 19.9 Å². The summed E-state index contributed by atoms with van der Waals surface area (Å²) in [6.45, 7) is 6.34. The molecule has 118 valence electrons. The van der Waals surface area contributed by atoms with Gasteiger partial charge in [0, 0.05) is 12.5 Å². The molecular formula is C14H24N4O3. The topological polar surface area (TPSA) is 82.7 Å². The molecule has 0 spiro atoms. The van der Waals surface area contributed by atoms with E-state index in [1.807, 2.05) is 0 Å². The maximum atomic E-state index is 11.1. The molecule has 0 amide bonds. The fourth-order valence-corrected chi connectivity index (χ4v) is 2.55. The zero-order valence-corrected chi connectivity index (χ0v) is 13.1. The second kappa shape index (κ2) is 6.53. The van der Waals surface area contributed by atoms with Gasteiger partial charge in [0.2, 0.25) is 5.89 Å². The van der Waals surface area contributed by atoms with Gasteiger partial charge in [-0.25, -0.2) is 0 Å². The quantitative estimate of drug-likeness (QED) is 0.894. The highest BCUT2D eigenvalue weighted by Crippen LogP contribution is 2.26. The van der Waals surface area contributed by atoms with Crippen molar-refractivity contribution < 1.29 is 14.4 Å². The molecule has 0 aliphatic carbocycles. The highest BCUT2D eigenvalue weighted by Gasteiger charge is 2.30. The third-order valence-electron chi connectivity index (χ3n) is 4.35. The summed E-state index contributed by atoms with van der Waals surface area (Å²) >= 11 is 0. The first-order valence-corrected chi connectivity index (χ1v) is 7.35. The monoisotopic (exact) mass is 296 g/mol. The van der Waals surface area contributed by atoms with Gasteiger partial charge in [-0.15, -0.1) is 0 Å². The molecule has 1 fully saturated rings. The minimum absolute atomic E-state index is 0.0855. The van der Waals surface area contributed by atoms with Crippen LogP contribution in [0.25, 0.3) is 0 Å². The Labute approximate surface area is 124 Å². The minimum atomic E-state index is -0.853. The third-order valence-corrected chi connectivity index (χ3v) is 4.35. The standard InChI is InChI=1S/C14H24N4O3/c1-9(10(2)14(19)20)13-15-12(16-21-13)11-8-17(3)6-5-7-18(11)4/h9-11H,5-8H2,1-4H3,(H,19,20). The number of rotatable bonds is 4. The molecule has 1 saturated heterocycles. The lowest BCUT2D eigenvalue weighted by atomic mass is 9.96. The highest BCUT2D eigenvalue weighted by molar-refractivity contribution is 5.70. The van der Waals surface area contributed by atoms with Crippen LogP contribution in [0.3, 0.4) is 0 Å². The Hall–Kier alpha value is -1.47. The van der Waals surface area contributed by atoms with Crippen molar-refractivity contribution in [2.45, 2.75) is 32.2 Å². The summed E-state index contributed by atoms with van der Waals surface area (Å²) in [5.74, 6) is -0.648. The Bertz CT molecular complexity index is 490. The summed E-state index contributed by atoms with van der Waals surface area (Å²) < 4.78 is 5.31. The van der Waals surface area contributed by atoms with Gasteiger partial charge in [-0.05, 0) is 33.6 Å². The summed E-state index contributed by atoms with van der Waals surface area (Å²) in [6.07, 6.45) is 1.11. The number of aliphatic carboxylic acids is 1. The zero-order valence-electron chi connectivity index (χ0n) is 13.1. The van der Waals surface area contributed by atoms with Gasteiger partial charge in [0.15, 0.2) is 5.82 Å². The first kappa shape index (κ1) is 15.9. The number of nitrogens with zero attached hydrogens (tertiary/aromatic N) is 4. The van der Waals surface area contributed by atoms with Crippen LogP contribution in [0.1, 0.15) is 43.9 Å². The van der Waals surface area contributed by atoms with Crippen molar-refractivity contribution in [3.63, 3.8) is 0 Å². The molecule has 0 saturated carbocycles. The Morgan fingerprint density at radius 2 is 2.10 bits per heavy atom. The van der Waals surface area contributed by atoms with Gasteiger partial charge in [0.1, 0.15) is 0 Å². The molecule has 21 heavy (non-hydrogen) atoms. The van der Waals surface area contributed by atoms with E-state index in [0.29, 0.717) is 11.7 Å². The van der Waals surface area contributed by atoms with Crippen molar-refractivity contribution in [3.05, 3.63) is 11.7 Å².